The quantitative estimate of drug-likeness (QED) is 0.739. The van der Waals surface area contributed by atoms with E-state index in [2.05, 4.69) is 10.1 Å². The largest absolute Gasteiger partial charge is 0.231 e. The van der Waals surface area contributed by atoms with E-state index in [4.69, 9.17) is 23.2 Å². The molecular formula is C9H7Cl2N3. The summed E-state index contributed by atoms with van der Waals surface area (Å²) in [7, 11) is 0. The number of hydrogen-bond acceptors (Lipinski definition) is 2. The highest BCUT2D eigenvalue weighted by molar-refractivity contribution is 6.32. The van der Waals surface area contributed by atoms with E-state index in [9.17, 15) is 0 Å². The van der Waals surface area contributed by atoms with E-state index in [1.807, 2.05) is 12.3 Å². The summed E-state index contributed by atoms with van der Waals surface area (Å²) in [6, 6.07) is 5.39. The van der Waals surface area contributed by atoms with Crippen LogP contribution in [0.15, 0.2) is 30.6 Å². The Morgan fingerprint density at radius 1 is 1.36 bits per heavy atom. The Balaban J connectivity index is 2.46. The monoisotopic (exact) mass is 227 g/mol. The molecule has 0 aliphatic heterocycles. The lowest BCUT2D eigenvalue weighted by molar-refractivity contribution is 0.839. The minimum absolute atomic E-state index is 0.300. The third-order valence-corrected chi connectivity index (χ3v) is 2.37. The zero-order chi connectivity index (χ0) is 9.97. The van der Waals surface area contributed by atoms with Crippen molar-refractivity contribution in [1.29, 1.82) is 0 Å². The summed E-state index contributed by atoms with van der Waals surface area (Å²) in [5, 5.41) is 4.64. The van der Waals surface area contributed by atoms with Gasteiger partial charge in [0.25, 0.3) is 0 Å². The van der Waals surface area contributed by atoms with Gasteiger partial charge in [-0.2, -0.15) is 5.10 Å². The number of rotatable bonds is 2. The molecule has 0 aliphatic rings. The van der Waals surface area contributed by atoms with Crippen LogP contribution in [0.1, 0.15) is 5.69 Å². The van der Waals surface area contributed by atoms with Crippen LogP contribution in [0.2, 0.25) is 5.02 Å². The summed E-state index contributed by atoms with van der Waals surface area (Å²) < 4.78 is 1.66. The summed E-state index contributed by atoms with van der Waals surface area (Å²) in [5.41, 5.74) is 0.668. The van der Waals surface area contributed by atoms with Crippen LogP contribution < -0.4 is 0 Å². The lowest BCUT2D eigenvalue weighted by Crippen LogP contribution is -2.00. The molecule has 14 heavy (non-hydrogen) atoms. The number of hydrogen-bond donors (Lipinski definition) is 0. The molecule has 0 aromatic carbocycles. The van der Waals surface area contributed by atoms with Gasteiger partial charge in [-0.15, -0.1) is 11.6 Å². The minimum atomic E-state index is 0.300. The normalized spacial score (nSPS) is 10.4. The van der Waals surface area contributed by atoms with E-state index >= 15 is 0 Å². The van der Waals surface area contributed by atoms with Gasteiger partial charge in [-0.3, -0.25) is 0 Å². The Labute approximate surface area is 91.3 Å². The molecule has 0 bridgehead atoms. The van der Waals surface area contributed by atoms with E-state index in [1.165, 1.54) is 0 Å². The third kappa shape index (κ3) is 1.74. The minimum Gasteiger partial charge on any atom is -0.231 e. The van der Waals surface area contributed by atoms with Crippen molar-refractivity contribution in [3.05, 3.63) is 41.3 Å². The summed E-state index contributed by atoms with van der Waals surface area (Å²) >= 11 is 11.6. The number of halogens is 2. The van der Waals surface area contributed by atoms with Crippen LogP contribution in [0.3, 0.4) is 0 Å². The van der Waals surface area contributed by atoms with Crippen LogP contribution >= 0.6 is 23.2 Å². The fraction of sp³-hybridized carbons (Fsp3) is 0.111. The summed E-state index contributed by atoms with van der Waals surface area (Å²) in [6.45, 7) is 0. The molecule has 0 radical (unpaired) electrons. The topological polar surface area (TPSA) is 30.7 Å². The smallest absolute Gasteiger partial charge is 0.153 e. The Bertz CT molecular complexity index is 426. The lowest BCUT2D eigenvalue weighted by Gasteiger charge is -2.03. The average molecular weight is 228 g/mol. The van der Waals surface area contributed by atoms with Gasteiger partial charge in [0.15, 0.2) is 5.82 Å². The molecule has 72 valence electrons. The first-order valence-electron chi connectivity index (χ1n) is 4.02. The standard InChI is InChI=1S/C9H7Cl2N3/c10-6-8-7(11)2-3-9(13-8)14-5-1-4-12-14/h1-5H,6H2. The summed E-state index contributed by atoms with van der Waals surface area (Å²) in [6.07, 6.45) is 3.50. The van der Waals surface area contributed by atoms with Gasteiger partial charge < -0.3 is 0 Å². The number of aromatic nitrogens is 3. The van der Waals surface area contributed by atoms with Gasteiger partial charge in [0.2, 0.25) is 0 Å². The van der Waals surface area contributed by atoms with Crippen molar-refractivity contribution >= 4 is 23.2 Å². The summed E-state index contributed by atoms with van der Waals surface area (Å²) in [5.74, 6) is 1.02. The third-order valence-electron chi connectivity index (χ3n) is 1.77. The molecule has 0 spiro atoms. The molecule has 2 rings (SSSR count). The molecule has 0 aliphatic carbocycles. The average Bonchev–Trinajstić information content (AvgIpc) is 2.71. The second-order valence-corrected chi connectivity index (χ2v) is 3.36. The van der Waals surface area contributed by atoms with Crippen LogP contribution in [0, 0.1) is 0 Å². The fourth-order valence-electron chi connectivity index (χ4n) is 1.10. The first kappa shape index (κ1) is 9.49. The highest BCUT2D eigenvalue weighted by Crippen LogP contribution is 2.17. The maximum atomic E-state index is 5.88. The van der Waals surface area contributed by atoms with Crippen molar-refractivity contribution in [2.75, 3.05) is 0 Å². The van der Waals surface area contributed by atoms with E-state index in [1.54, 1.807) is 23.0 Å². The van der Waals surface area contributed by atoms with Crippen molar-refractivity contribution in [2.24, 2.45) is 0 Å². The molecule has 2 heterocycles. The maximum absolute atomic E-state index is 5.88. The van der Waals surface area contributed by atoms with E-state index in [0.29, 0.717) is 16.6 Å². The Hall–Kier alpha value is -1.06. The Kier molecular flexibility index (Phi) is 2.70. The first-order chi connectivity index (χ1) is 6.81. The number of alkyl halides is 1. The molecule has 2 aromatic rings. The highest BCUT2D eigenvalue weighted by atomic mass is 35.5. The van der Waals surface area contributed by atoms with Gasteiger partial charge in [-0.1, -0.05) is 11.6 Å². The van der Waals surface area contributed by atoms with E-state index in [0.717, 1.165) is 5.82 Å². The molecule has 0 unspecified atom stereocenters. The Morgan fingerprint density at radius 2 is 2.21 bits per heavy atom. The zero-order valence-corrected chi connectivity index (χ0v) is 8.70. The molecule has 0 saturated carbocycles. The van der Waals surface area contributed by atoms with Crippen LogP contribution in [0.4, 0.5) is 0 Å². The van der Waals surface area contributed by atoms with Crippen LogP contribution in [0.25, 0.3) is 5.82 Å². The molecule has 5 heteroatoms. The molecule has 0 amide bonds. The molecular weight excluding hydrogens is 221 g/mol. The molecule has 0 fully saturated rings. The van der Waals surface area contributed by atoms with Crippen molar-refractivity contribution in [3.63, 3.8) is 0 Å². The van der Waals surface area contributed by atoms with E-state index < -0.39 is 0 Å². The molecule has 2 aromatic heterocycles. The van der Waals surface area contributed by atoms with Crippen molar-refractivity contribution < 1.29 is 0 Å². The van der Waals surface area contributed by atoms with Crippen LogP contribution in [0.5, 0.6) is 0 Å². The van der Waals surface area contributed by atoms with Gasteiger partial charge in [0.05, 0.1) is 16.6 Å². The van der Waals surface area contributed by atoms with Crippen molar-refractivity contribution in [2.45, 2.75) is 5.88 Å². The number of pyridine rings is 1. The second-order valence-electron chi connectivity index (χ2n) is 2.68. The molecule has 0 N–H and O–H groups in total. The van der Waals surface area contributed by atoms with Gasteiger partial charge in [0.1, 0.15) is 0 Å². The molecule has 3 nitrogen and oxygen atoms in total. The van der Waals surface area contributed by atoms with Gasteiger partial charge in [-0.05, 0) is 18.2 Å². The summed E-state index contributed by atoms with van der Waals surface area (Å²) in [4.78, 5) is 4.27. The van der Waals surface area contributed by atoms with Crippen LogP contribution in [-0.4, -0.2) is 14.8 Å². The van der Waals surface area contributed by atoms with E-state index in [-0.39, 0.29) is 0 Å². The Morgan fingerprint density at radius 3 is 2.86 bits per heavy atom. The van der Waals surface area contributed by atoms with Crippen molar-refractivity contribution in [3.8, 4) is 5.82 Å². The van der Waals surface area contributed by atoms with Crippen molar-refractivity contribution in [1.82, 2.24) is 14.8 Å². The highest BCUT2D eigenvalue weighted by Gasteiger charge is 2.03. The lowest BCUT2D eigenvalue weighted by atomic mass is 10.3. The fourth-order valence-corrected chi connectivity index (χ4v) is 1.54. The van der Waals surface area contributed by atoms with Gasteiger partial charge >= 0.3 is 0 Å². The maximum Gasteiger partial charge on any atom is 0.153 e. The zero-order valence-electron chi connectivity index (χ0n) is 7.19. The predicted octanol–water partition coefficient (Wildman–Crippen LogP) is 2.66. The second kappa shape index (κ2) is 3.98. The SMILES string of the molecule is ClCc1nc(-n2cccn2)ccc1Cl. The molecule has 0 atom stereocenters. The first-order valence-corrected chi connectivity index (χ1v) is 4.94. The molecule has 0 saturated heterocycles. The van der Waals surface area contributed by atoms with Gasteiger partial charge in [-0.25, -0.2) is 9.67 Å². The van der Waals surface area contributed by atoms with Gasteiger partial charge in [0, 0.05) is 12.4 Å². The number of nitrogens with zero attached hydrogens (tertiary/aromatic N) is 3. The predicted molar refractivity (Wildman–Crippen MR) is 55.9 cm³/mol. The van der Waals surface area contributed by atoms with Crippen LogP contribution in [-0.2, 0) is 5.88 Å².